The number of carbonyl (C=O) groups is 2. The Morgan fingerprint density at radius 1 is 1.45 bits per heavy atom. The summed E-state index contributed by atoms with van der Waals surface area (Å²) in [5.41, 5.74) is 7.66. The van der Waals surface area contributed by atoms with Gasteiger partial charge >= 0.3 is 6.09 Å². The quantitative estimate of drug-likeness (QED) is 0.830. The van der Waals surface area contributed by atoms with E-state index in [4.69, 9.17) is 15.2 Å². The number of carbonyl (C=O) groups excluding carboxylic acids is 2. The minimum Gasteiger partial charge on any atom is -0.477 e. The second-order valence-electron chi connectivity index (χ2n) is 9.01. The van der Waals surface area contributed by atoms with Crippen LogP contribution in [-0.2, 0) is 16.6 Å². The van der Waals surface area contributed by atoms with E-state index in [2.05, 4.69) is 18.0 Å². The van der Waals surface area contributed by atoms with E-state index in [0.29, 0.717) is 43.0 Å². The Kier molecular flexibility index (Phi) is 4.37. The molecular formula is C22H29N3O4. The summed E-state index contributed by atoms with van der Waals surface area (Å²) in [7, 11) is 3.90. The normalized spacial score (nSPS) is 31.8. The number of piperidine rings is 1. The number of amides is 1. The maximum atomic E-state index is 12.9. The average Bonchev–Trinajstić information content (AvgIpc) is 3.07. The largest absolute Gasteiger partial charge is 0.477 e. The molecule has 2 fully saturated rings. The van der Waals surface area contributed by atoms with Crippen molar-refractivity contribution in [2.45, 2.75) is 49.7 Å². The van der Waals surface area contributed by atoms with Gasteiger partial charge in [-0.3, -0.25) is 4.79 Å². The maximum absolute atomic E-state index is 12.9. The molecule has 2 N–H and O–H groups in total. The van der Waals surface area contributed by atoms with Gasteiger partial charge in [0.05, 0.1) is 0 Å². The van der Waals surface area contributed by atoms with Crippen LogP contribution in [0, 0.1) is 5.92 Å². The van der Waals surface area contributed by atoms with Crippen molar-refractivity contribution in [1.82, 2.24) is 9.80 Å². The van der Waals surface area contributed by atoms with Gasteiger partial charge < -0.3 is 25.0 Å². The number of nitrogens with two attached hydrogens (primary N) is 1. The van der Waals surface area contributed by atoms with Crippen LogP contribution < -0.4 is 15.2 Å². The number of ether oxygens (including phenoxy) is 2. The van der Waals surface area contributed by atoms with Crippen molar-refractivity contribution in [1.29, 1.82) is 0 Å². The van der Waals surface area contributed by atoms with E-state index in [1.807, 2.05) is 6.07 Å². The highest BCUT2D eigenvalue weighted by molar-refractivity contribution is 5.89. The molecule has 0 radical (unpaired) electrons. The molecule has 1 aromatic carbocycles. The van der Waals surface area contributed by atoms with Crippen LogP contribution in [-0.4, -0.2) is 67.6 Å². The first kappa shape index (κ1) is 18.9. The molecule has 4 aliphatic rings. The summed E-state index contributed by atoms with van der Waals surface area (Å²) in [6, 6.07) is 4.34. The van der Waals surface area contributed by atoms with Crippen molar-refractivity contribution in [2.24, 2.45) is 11.7 Å². The zero-order valence-corrected chi connectivity index (χ0v) is 17.1. The van der Waals surface area contributed by atoms with Gasteiger partial charge in [0, 0.05) is 37.0 Å². The number of hydrogen-bond acceptors (Lipinski definition) is 6. The van der Waals surface area contributed by atoms with E-state index < -0.39 is 12.2 Å². The molecule has 7 heteroatoms. The molecule has 1 aromatic rings. The number of Topliss-reactive ketones (excluding diaryl/α,β-unsaturated/α-hetero) is 1. The Balaban J connectivity index is 1.55. The first-order valence-corrected chi connectivity index (χ1v) is 10.7. The summed E-state index contributed by atoms with van der Waals surface area (Å²) >= 11 is 0. The predicted molar refractivity (Wildman–Crippen MR) is 107 cm³/mol. The summed E-state index contributed by atoms with van der Waals surface area (Å²) in [6.45, 7) is 2.02. The molecule has 1 saturated carbocycles. The molecule has 7 nitrogen and oxygen atoms in total. The Bertz CT molecular complexity index is 872. The number of nitrogens with zero attached hydrogens (tertiary/aromatic N) is 2. The standard InChI is InChI=1S/C22H29N3O4/c1-24-11-8-22-14-5-6-16(26)20(22)29-19-17(28-21(27)25(2)10-3-9-23)7-4-13(18(19)22)12-15(14)24/h4,7,14-15,20H,3,5-6,8-12,23H2,1-2H3/t14-,15+,20-,22-/m0/s1. The SMILES string of the molecule is CN(CCCN)C(=O)Oc1ccc2c3c1O[C@H]1C(=O)CC[C@H]4[C@@H](C2)N(C)CC[C@]314. The number of hydrogen-bond donors (Lipinski definition) is 1. The van der Waals surface area contributed by atoms with Gasteiger partial charge in [-0.05, 0) is 63.4 Å². The maximum Gasteiger partial charge on any atom is 0.415 e. The van der Waals surface area contributed by atoms with Crippen molar-refractivity contribution < 1.29 is 19.1 Å². The van der Waals surface area contributed by atoms with Crippen LogP contribution in [0.5, 0.6) is 11.5 Å². The highest BCUT2D eigenvalue weighted by atomic mass is 16.6. The minimum atomic E-state index is -0.443. The van der Waals surface area contributed by atoms with Gasteiger partial charge in [-0.2, -0.15) is 0 Å². The molecule has 1 amide bonds. The topological polar surface area (TPSA) is 85.1 Å². The minimum absolute atomic E-state index is 0.186. The predicted octanol–water partition coefficient (Wildman–Crippen LogP) is 1.70. The summed E-state index contributed by atoms with van der Waals surface area (Å²) in [6.07, 6.45) is 3.21. The third-order valence-corrected chi connectivity index (χ3v) is 7.58. The molecule has 1 saturated heterocycles. The molecule has 29 heavy (non-hydrogen) atoms. The second-order valence-corrected chi connectivity index (χ2v) is 9.01. The van der Waals surface area contributed by atoms with Gasteiger partial charge in [-0.1, -0.05) is 6.07 Å². The Hall–Kier alpha value is -2.12. The van der Waals surface area contributed by atoms with E-state index in [-0.39, 0.29) is 11.2 Å². The number of likely N-dealkylation sites (tertiary alicyclic amines) is 1. The lowest BCUT2D eigenvalue weighted by atomic mass is 9.52. The average molecular weight is 399 g/mol. The van der Waals surface area contributed by atoms with Crippen LogP contribution in [0.2, 0.25) is 0 Å². The van der Waals surface area contributed by atoms with Crippen LogP contribution in [0.25, 0.3) is 0 Å². The van der Waals surface area contributed by atoms with E-state index in [9.17, 15) is 9.59 Å². The molecule has 0 aromatic heterocycles. The summed E-state index contributed by atoms with van der Waals surface area (Å²) in [4.78, 5) is 29.4. The Morgan fingerprint density at radius 3 is 3.07 bits per heavy atom. The van der Waals surface area contributed by atoms with Gasteiger partial charge in [0.2, 0.25) is 0 Å². The number of likely N-dealkylation sites (N-methyl/N-ethyl adjacent to an activating group) is 1. The molecule has 0 unspecified atom stereocenters. The van der Waals surface area contributed by atoms with Crippen LogP contribution in [0.1, 0.15) is 36.8 Å². The smallest absolute Gasteiger partial charge is 0.415 e. The monoisotopic (exact) mass is 399 g/mol. The van der Waals surface area contributed by atoms with E-state index in [0.717, 1.165) is 37.8 Å². The van der Waals surface area contributed by atoms with Crippen molar-refractivity contribution in [3.8, 4) is 11.5 Å². The molecule has 4 atom stereocenters. The van der Waals surface area contributed by atoms with E-state index >= 15 is 0 Å². The van der Waals surface area contributed by atoms with Crippen LogP contribution in [0.15, 0.2) is 12.1 Å². The second kappa shape index (κ2) is 6.71. The molecule has 1 spiro atoms. The van der Waals surface area contributed by atoms with Crippen molar-refractivity contribution in [2.75, 3.05) is 33.7 Å². The van der Waals surface area contributed by atoms with Crippen LogP contribution >= 0.6 is 0 Å². The van der Waals surface area contributed by atoms with Crippen molar-refractivity contribution in [3.05, 3.63) is 23.3 Å². The fourth-order valence-electron chi connectivity index (χ4n) is 6.18. The molecule has 2 heterocycles. The first-order valence-electron chi connectivity index (χ1n) is 10.7. The Labute approximate surface area is 171 Å². The van der Waals surface area contributed by atoms with Crippen molar-refractivity contribution in [3.63, 3.8) is 0 Å². The van der Waals surface area contributed by atoms with Crippen LogP contribution in [0.4, 0.5) is 4.79 Å². The highest BCUT2D eigenvalue weighted by Gasteiger charge is 2.65. The molecular weight excluding hydrogens is 370 g/mol. The third-order valence-electron chi connectivity index (χ3n) is 7.58. The first-order chi connectivity index (χ1) is 14.0. The number of rotatable bonds is 4. The Morgan fingerprint density at radius 2 is 2.28 bits per heavy atom. The highest BCUT2D eigenvalue weighted by Crippen LogP contribution is 2.63. The number of benzene rings is 1. The summed E-state index contributed by atoms with van der Waals surface area (Å²) < 4.78 is 12.1. The van der Waals surface area contributed by atoms with Gasteiger partial charge in [0.25, 0.3) is 0 Å². The molecule has 156 valence electrons. The number of ketones is 1. The lowest BCUT2D eigenvalue weighted by Gasteiger charge is -2.57. The van der Waals surface area contributed by atoms with Gasteiger partial charge in [0.15, 0.2) is 23.4 Å². The van der Waals surface area contributed by atoms with Crippen LogP contribution in [0.3, 0.4) is 0 Å². The van der Waals surface area contributed by atoms with Gasteiger partial charge in [-0.15, -0.1) is 0 Å². The summed E-state index contributed by atoms with van der Waals surface area (Å²) in [5, 5.41) is 0. The molecule has 5 rings (SSSR count). The van der Waals surface area contributed by atoms with E-state index in [1.165, 1.54) is 10.5 Å². The molecule has 2 bridgehead atoms. The van der Waals surface area contributed by atoms with Gasteiger partial charge in [-0.25, -0.2) is 4.79 Å². The third kappa shape index (κ3) is 2.56. The van der Waals surface area contributed by atoms with Crippen molar-refractivity contribution >= 4 is 11.9 Å². The van der Waals surface area contributed by atoms with Gasteiger partial charge in [0.1, 0.15) is 0 Å². The lowest BCUT2D eigenvalue weighted by Crippen LogP contribution is -2.65. The zero-order valence-electron chi connectivity index (χ0n) is 17.1. The van der Waals surface area contributed by atoms with E-state index in [1.54, 1.807) is 7.05 Å². The summed E-state index contributed by atoms with van der Waals surface area (Å²) in [5.74, 6) is 1.65. The molecule has 2 aliphatic heterocycles. The molecule has 2 aliphatic carbocycles. The zero-order chi connectivity index (χ0) is 20.3. The fourth-order valence-corrected chi connectivity index (χ4v) is 6.18. The fraction of sp³-hybridized carbons (Fsp3) is 0.636. The lowest BCUT2D eigenvalue weighted by molar-refractivity contribution is -0.138.